The molecule has 2 aromatic carbocycles. The fourth-order valence-corrected chi connectivity index (χ4v) is 2.17. The molecule has 4 heteroatoms. The van der Waals surface area contributed by atoms with Crippen molar-refractivity contribution in [3.8, 4) is 18.1 Å². The normalized spacial score (nSPS) is 9.40. The van der Waals surface area contributed by atoms with E-state index in [4.69, 9.17) is 11.2 Å². The van der Waals surface area contributed by atoms with Gasteiger partial charge in [0.15, 0.2) is 0 Å². The lowest BCUT2D eigenvalue weighted by molar-refractivity contribution is -0.120. The molecule has 0 radical (unpaired) electrons. The van der Waals surface area contributed by atoms with Gasteiger partial charge in [-0.25, -0.2) is 4.39 Å². The molecular weight excluding hydrogens is 319 g/mol. The number of carbonyl (C=O) groups is 1. The molecule has 0 N–H and O–H groups in total. The molecule has 2 rings (SSSR count). The number of methoxy groups -OCH3 is 1. The molecule has 0 aliphatic heterocycles. The van der Waals surface area contributed by atoms with Crippen LogP contribution in [-0.4, -0.2) is 20.2 Å². The zero-order valence-corrected chi connectivity index (χ0v) is 15.9. The van der Waals surface area contributed by atoms with Crippen molar-refractivity contribution in [3.63, 3.8) is 0 Å². The number of hydrogen-bond donors (Lipinski definition) is 0. The molecule has 0 aliphatic rings. The van der Waals surface area contributed by atoms with Gasteiger partial charge in [-0.15, -0.1) is 6.42 Å². The van der Waals surface area contributed by atoms with Crippen LogP contribution in [0.5, 0.6) is 5.75 Å². The zero-order valence-electron chi connectivity index (χ0n) is 15.9. The number of carbonyl (C=O) groups excluding carboxylic acids is 1. The predicted octanol–water partition coefficient (Wildman–Crippen LogP) is 5.30. The van der Waals surface area contributed by atoms with Crippen molar-refractivity contribution in [2.75, 3.05) is 13.7 Å². The van der Waals surface area contributed by atoms with Crippen molar-refractivity contribution in [2.24, 2.45) is 0 Å². The van der Waals surface area contributed by atoms with Crippen LogP contribution in [0.25, 0.3) is 10.8 Å². The maximum Gasteiger partial charge on any atom is 0.298 e. The second-order valence-corrected chi connectivity index (χ2v) is 5.12. The minimum absolute atomic E-state index is 0.131. The Hall–Kier alpha value is -2.38. The van der Waals surface area contributed by atoms with Crippen molar-refractivity contribution in [2.45, 2.75) is 40.5 Å². The van der Waals surface area contributed by atoms with E-state index in [2.05, 4.69) is 10.7 Å². The third kappa shape index (κ3) is 6.21. The lowest BCUT2D eigenvalue weighted by Crippen LogP contribution is -1.97. The van der Waals surface area contributed by atoms with E-state index in [9.17, 15) is 9.18 Å². The maximum atomic E-state index is 13.8. The van der Waals surface area contributed by atoms with Crippen molar-refractivity contribution >= 4 is 17.2 Å². The van der Waals surface area contributed by atoms with Gasteiger partial charge in [0.2, 0.25) is 0 Å². The first-order chi connectivity index (χ1) is 12.0. The summed E-state index contributed by atoms with van der Waals surface area (Å²) in [5.41, 5.74) is 1.11. The Morgan fingerprint density at radius 2 is 1.88 bits per heavy atom. The molecule has 0 unspecified atom stereocenters. The zero-order chi connectivity index (χ0) is 19.4. The van der Waals surface area contributed by atoms with Gasteiger partial charge >= 0.3 is 0 Å². The number of ether oxygens (including phenoxy) is 2. The Morgan fingerprint density at radius 3 is 2.32 bits per heavy atom. The first kappa shape index (κ1) is 22.6. The fourth-order valence-electron chi connectivity index (χ4n) is 2.17. The molecule has 136 valence electrons. The van der Waals surface area contributed by atoms with Crippen LogP contribution in [-0.2, 0) is 9.53 Å². The van der Waals surface area contributed by atoms with Gasteiger partial charge in [0.25, 0.3) is 6.47 Å². The molecule has 0 aliphatic carbocycles. The topological polar surface area (TPSA) is 35.5 Å². The summed E-state index contributed by atoms with van der Waals surface area (Å²) in [7, 11) is 1.68. The molecule has 0 heterocycles. The van der Waals surface area contributed by atoms with Crippen LogP contribution in [0.3, 0.4) is 0 Å². The van der Waals surface area contributed by atoms with E-state index < -0.39 is 5.82 Å². The van der Waals surface area contributed by atoms with Gasteiger partial charge < -0.3 is 9.47 Å². The molecule has 2 aromatic rings. The van der Waals surface area contributed by atoms with E-state index in [-0.39, 0.29) is 11.5 Å². The van der Waals surface area contributed by atoms with Crippen LogP contribution < -0.4 is 4.74 Å². The Kier molecular flexibility index (Phi) is 10.9. The van der Waals surface area contributed by atoms with Crippen molar-refractivity contribution < 1.29 is 18.7 Å². The molecule has 0 aromatic heterocycles. The number of hydrogen-bond acceptors (Lipinski definition) is 3. The molecule has 0 atom stereocenters. The van der Waals surface area contributed by atoms with Crippen LogP contribution in [0, 0.1) is 18.2 Å². The third-order valence-electron chi connectivity index (χ3n) is 3.31. The number of terminal acetylenes is 1. The van der Waals surface area contributed by atoms with Crippen LogP contribution in [0.2, 0.25) is 0 Å². The number of halogens is 1. The van der Waals surface area contributed by atoms with Crippen LogP contribution in [0.15, 0.2) is 24.3 Å². The summed E-state index contributed by atoms with van der Waals surface area (Å²) in [5, 5.41) is 1.47. The van der Waals surface area contributed by atoms with Crippen LogP contribution in [0.4, 0.5) is 4.39 Å². The summed E-state index contributed by atoms with van der Waals surface area (Å²) in [6, 6.07) is 6.36. The average molecular weight is 346 g/mol. The molecule has 0 bridgehead atoms. The Bertz CT molecular complexity index is 713. The molecule has 0 amide bonds. The maximum absolute atomic E-state index is 13.8. The quantitative estimate of drug-likeness (QED) is 0.557. The summed E-state index contributed by atoms with van der Waals surface area (Å²) in [5.74, 6) is 2.55. The number of benzene rings is 2. The van der Waals surface area contributed by atoms with E-state index >= 15 is 0 Å². The standard InChI is InChI=1S/C16H13FO2.C3H8O.C2H6/c1-4-13-15(17)6-5-11-7-12(19-9-18)8-14(10(2)3)16(11)13;1-3-4-2;1-2/h1,5-10H,2-3H3;3H2,1-2H3;1-2H3. The van der Waals surface area contributed by atoms with E-state index in [1.807, 2.05) is 34.6 Å². The molecular formula is C21H27FO3. The van der Waals surface area contributed by atoms with Gasteiger partial charge in [-0.1, -0.05) is 39.7 Å². The lowest BCUT2D eigenvalue weighted by atomic mass is 9.92. The Balaban J connectivity index is 0.000000845. The van der Waals surface area contributed by atoms with Crippen molar-refractivity contribution in [3.05, 3.63) is 41.2 Å². The Labute approximate surface area is 150 Å². The third-order valence-corrected chi connectivity index (χ3v) is 3.31. The highest BCUT2D eigenvalue weighted by molar-refractivity contribution is 5.93. The molecule has 0 spiro atoms. The second-order valence-electron chi connectivity index (χ2n) is 5.12. The fraction of sp³-hybridized carbons (Fsp3) is 0.381. The molecule has 0 saturated heterocycles. The number of rotatable bonds is 4. The van der Waals surface area contributed by atoms with Crippen LogP contribution >= 0.6 is 0 Å². The van der Waals surface area contributed by atoms with Gasteiger partial charge in [-0.2, -0.15) is 0 Å². The van der Waals surface area contributed by atoms with Crippen LogP contribution in [0.1, 0.15) is 51.7 Å². The monoisotopic (exact) mass is 346 g/mol. The molecule has 3 nitrogen and oxygen atoms in total. The van der Waals surface area contributed by atoms with E-state index in [1.54, 1.807) is 25.3 Å². The minimum atomic E-state index is -0.416. The molecule has 25 heavy (non-hydrogen) atoms. The molecule has 0 fully saturated rings. The lowest BCUT2D eigenvalue weighted by Gasteiger charge is -2.14. The predicted molar refractivity (Wildman–Crippen MR) is 102 cm³/mol. The van der Waals surface area contributed by atoms with Gasteiger partial charge in [0.1, 0.15) is 11.6 Å². The SMILES string of the molecule is C#Cc1c(F)ccc2cc(OC=O)cc(C(C)C)c12.CC.CCOC. The number of fused-ring (bicyclic) bond motifs is 1. The summed E-state index contributed by atoms with van der Waals surface area (Å²) < 4.78 is 23.2. The summed E-state index contributed by atoms with van der Waals surface area (Å²) in [4.78, 5) is 10.5. The summed E-state index contributed by atoms with van der Waals surface area (Å²) >= 11 is 0. The first-order valence-electron chi connectivity index (χ1n) is 8.32. The van der Waals surface area contributed by atoms with Crippen molar-refractivity contribution in [1.29, 1.82) is 0 Å². The minimum Gasteiger partial charge on any atom is -0.429 e. The highest BCUT2D eigenvalue weighted by Gasteiger charge is 2.14. The van der Waals surface area contributed by atoms with Gasteiger partial charge in [-0.05, 0) is 42.0 Å². The van der Waals surface area contributed by atoms with Gasteiger partial charge in [0.05, 0.1) is 5.56 Å². The summed E-state index contributed by atoms with van der Waals surface area (Å²) in [6.45, 7) is 11.1. The Morgan fingerprint density at radius 1 is 1.28 bits per heavy atom. The van der Waals surface area contributed by atoms with E-state index in [0.717, 1.165) is 17.6 Å². The second kappa shape index (κ2) is 12.0. The largest absolute Gasteiger partial charge is 0.429 e. The van der Waals surface area contributed by atoms with E-state index in [1.165, 1.54) is 6.07 Å². The average Bonchev–Trinajstić information content (AvgIpc) is 2.63. The smallest absolute Gasteiger partial charge is 0.298 e. The highest BCUT2D eigenvalue weighted by Crippen LogP contribution is 2.33. The molecule has 0 saturated carbocycles. The summed E-state index contributed by atoms with van der Waals surface area (Å²) in [6.07, 6.45) is 5.41. The highest BCUT2D eigenvalue weighted by atomic mass is 19.1. The van der Waals surface area contributed by atoms with Gasteiger partial charge in [0, 0.05) is 19.1 Å². The van der Waals surface area contributed by atoms with Gasteiger partial charge in [-0.3, -0.25) is 4.79 Å². The van der Waals surface area contributed by atoms with E-state index in [0.29, 0.717) is 17.6 Å². The first-order valence-corrected chi connectivity index (χ1v) is 8.32. The van der Waals surface area contributed by atoms with Crippen molar-refractivity contribution in [1.82, 2.24) is 0 Å².